The molecule has 0 bridgehead atoms. The Morgan fingerprint density at radius 2 is 1.67 bits per heavy atom. The number of hydrogen-bond donors (Lipinski definition) is 1. The first-order valence-electron chi connectivity index (χ1n) is 8.43. The SMILES string of the molecule is COCCNC(=O)c1ccc2nc(-c3ccco3)c(-c3ccco3)nc2c1. The Kier molecular flexibility index (Phi) is 4.67. The summed E-state index contributed by atoms with van der Waals surface area (Å²) in [5, 5.41) is 2.79. The summed E-state index contributed by atoms with van der Waals surface area (Å²) in [4.78, 5) is 21.7. The van der Waals surface area contributed by atoms with E-state index in [4.69, 9.17) is 18.6 Å². The van der Waals surface area contributed by atoms with Crippen LogP contribution in [0.2, 0.25) is 0 Å². The molecule has 4 rings (SSSR count). The molecule has 0 aliphatic heterocycles. The van der Waals surface area contributed by atoms with Gasteiger partial charge < -0.3 is 18.9 Å². The van der Waals surface area contributed by atoms with Crippen molar-refractivity contribution in [2.24, 2.45) is 0 Å². The summed E-state index contributed by atoms with van der Waals surface area (Å²) in [6.45, 7) is 0.891. The number of ether oxygens (including phenoxy) is 1. The fourth-order valence-electron chi connectivity index (χ4n) is 2.73. The van der Waals surface area contributed by atoms with E-state index in [0.29, 0.717) is 52.7 Å². The van der Waals surface area contributed by atoms with Crippen LogP contribution in [0.25, 0.3) is 33.9 Å². The molecule has 0 aliphatic rings. The summed E-state index contributed by atoms with van der Waals surface area (Å²) in [6, 6.07) is 12.4. The Labute approximate surface area is 155 Å². The van der Waals surface area contributed by atoms with Crippen LogP contribution in [-0.2, 0) is 4.74 Å². The van der Waals surface area contributed by atoms with E-state index < -0.39 is 0 Å². The van der Waals surface area contributed by atoms with E-state index in [9.17, 15) is 4.79 Å². The van der Waals surface area contributed by atoms with Crippen LogP contribution in [0, 0.1) is 0 Å². The number of furan rings is 2. The number of rotatable bonds is 6. The van der Waals surface area contributed by atoms with Gasteiger partial charge in [0.15, 0.2) is 11.5 Å². The van der Waals surface area contributed by atoms with Gasteiger partial charge in [-0.15, -0.1) is 0 Å². The molecule has 1 N–H and O–H groups in total. The highest BCUT2D eigenvalue weighted by Crippen LogP contribution is 2.31. The van der Waals surface area contributed by atoms with Gasteiger partial charge in [-0.2, -0.15) is 0 Å². The Bertz CT molecular complexity index is 1060. The zero-order valence-corrected chi connectivity index (χ0v) is 14.6. The summed E-state index contributed by atoms with van der Waals surface area (Å²) >= 11 is 0. The molecular formula is C20H17N3O4. The van der Waals surface area contributed by atoms with Gasteiger partial charge in [0.1, 0.15) is 11.4 Å². The molecular weight excluding hydrogens is 346 g/mol. The topological polar surface area (TPSA) is 90.4 Å². The molecule has 0 saturated carbocycles. The highest BCUT2D eigenvalue weighted by Gasteiger charge is 2.18. The number of fused-ring (bicyclic) bond motifs is 1. The molecule has 4 aromatic rings. The minimum Gasteiger partial charge on any atom is -0.463 e. The second-order valence-electron chi connectivity index (χ2n) is 5.83. The van der Waals surface area contributed by atoms with E-state index in [1.54, 1.807) is 50.0 Å². The van der Waals surface area contributed by atoms with Gasteiger partial charge in [0.25, 0.3) is 5.91 Å². The predicted molar refractivity (Wildman–Crippen MR) is 99.2 cm³/mol. The molecule has 3 heterocycles. The van der Waals surface area contributed by atoms with Crippen LogP contribution >= 0.6 is 0 Å². The quantitative estimate of drug-likeness (QED) is 0.527. The summed E-state index contributed by atoms with van der Waals surface area (Å²) in [7, 11) is 1.59. The highest BCUT2D eigenvalue weighted by molar-refractivity contribution is 5.97. The Hall–Kier alpha value is -3.45. The van der Waals surface area contributed by atoms with Crippen LogP contribution < -0.4 is 5.32 Å². The first-order valence-corrected chi connectivity index (χ1v) is 8.43. The first kappa shape index (κ1) is 17.0. The molecule has 1 aromatic carbocycles. The number of carbonyl (C=O) groups excluding carboxylic acids is 1. The number of hydrogen-bond acceptors (Lipinski definition) is 6. The third-order valence-corrected chi connectivity index (χ3v) is 4.03. The Morgan fingerprint density at radius 3 is 2.26 bits per heavy atom. The van der Waals surface area contributed by atoms with Crippen LogP contribution in [0.3, 0.4) is 0 Å². The van der Waals surface area contributed by atoms with Crippen molar-refractivity contribution in [1.29, 1.82) is 0 Å². The van der Waals surface area contributed by atoms with Crippen molar-refractivity contribution >= 4 is 16.9 Å². The van der Waals surface area contributed by atoms with Gasteiger partial charge in [0.2, 0.25) is 0 Å². The molecule has 0 saturated heterocycles. The maximum absolute atomic E-state index is 12.3. The molecule has 0 atom stereocenters. The lowest BCUT2D eigenvalue weighted by Crippen LogP contribution is -2.26. The van der Waals surface area contributed by atoms with E-state index in [2.05, 4.69) is 10.3 Å². The number of carbonyl (C=O) groups is 1. The minimum atomic E-state index is -0.189. The number of nitrogens with zero attached hydrogens (tertiary/aromatic N) is 2. The normalized spacial score (nSPS) is 11.0. The third kappa shape index (κ3) is 3.45. The average molecular weight is 363 g/mol. The maximum Gasteiger partial charge on any atom is 0.251 e. The molecule has 136 valence electrons. The molecule has 7 heteroatoms. The second kappa shape index (κ2) is 7.43. The lowest BCUT2D eigenvalue weighted by Gasteiger charge is -2.08. The highest BCUT2D eigenvalue weighted by atomic mass is 16.5. The summed E-state index contributed by atoms with van der Waals surface area (Å²) in [5.74, 6) is 0.980. The number of benzene rings is 1. The van der Waals surface area contributed by atoms with Gasteiger partial charge in [-0.05, 0) is 42.5 Å². The molecule has 0 spiro atoms. The van der Waals surface area contributed by atoms with Crippen LogP contribution in [0.5, 0.6) is 0 Å². The maximum atomic E-state index is 12.3. The second-order valence-corrected chi connectivity index (χ2v) is 5.83. The summed E-state index contributed by atoms with van der Waals surface area (Å²) in [6.07, 6.45) is 3.16. The molecule has 1 amide bonds. The van der Waals surface area contributed by atoms with Gasteiger partial charge in [-0.3, -0.25) is 4.79 Å². The van der Waals surface area contributed by atoms with E-state index in [1.165, 1.54) is 0 Å². The van der Waals surface area contributed by atoms with Crippen LogP contribution in [-0.4, -0.2) is 36.1 Å². The smallest absolute Gasteiger partial charge is 0.251 e. The zero-order valence-electron chi connectivity index (χ0n) is 14.6. The summed E-state index contributed by atoms with van der Waals surface area (Å²) < 4.78 is 16.0. The number of methoxy groups -OCH3 is 1. The van der Waals surface area contributed by atoms with Crippen molar-refractivity contribution in [2.75, 3.05) is 20.3 Å². The number of nitrogens with one attached hydrogen (secondary N) is 1. The molecule has 0 aliphatic carbocycles. The standard InChI is InChI=1S/C20H17N3O4/c1-25-11-8-21-20(24)13-6-7-14-15(12-13)23-19(17-5-3-10-27-17)18(22-14)16-4-2-9-26-16/h2-7,9-10,12H,8,11H2,1H3,(H,21,24). The predicted octanol–water partition coefficient (Wildman–Crippen LogP) is 3.53. The van der Waals surface area contributed by atoms with Gasteiger partial charge in [-0.1, -0.05) is 0 Å². The van der Waals surface area contributed by atoms with Crippen molar-refractivity contribution in [3.63, 3.8) is 0 Å². The van der Waals surface area contributed by atoms with Crippen molar-refractivity contribution in [1.82, 2.24) is 15.3 Å². The monoisotopic (exact) mass is 363 g/mol. The third-order valence-electron chi connectivity index (χ3n) is 4.03. The summed E-state index contributed by atoms with van der Waals surface area (Å²) in [5.41, 5.74) is 2.89. The number of aromatic nitrogens is 2. The van der Waals surface area contributed by atoms with E-state index >= 15 is 0 Å². The van der Waals surface area contributed by atoms with Crippen LogP contribution in [0.4, 0.5) is 0 Å². The average Bonchev–Trinajstić information content (AvgIpc) is 3.40. The Morgan fingerprint density at radius 1 is 1.00 bits per heavy atom. The minimum absolute atomic E-state index is 0.189. The lowest BCUT2D eigenvalue weighted by atomic mass is 10.1. The first-order chi connectivity index (χ1) is 13.3. The van der Waals surface area contributed by atoms with Crippen molar-refractivity contribution in [2.45, 2.75) is 0 Å². The van der Waals surface area contributed by atoms with Crippen LogP contribution in [0.1, 0.15) is 10.4 Å². The van der Waals surface area contributed by atoms with Gasteiger partial charge in [0.05, 0.1) is 30.2 Å². The van der Waals surface area contributed by atoms with Gasteiger partial charge >= 0.3 is 0 Å². The molecule has 0 unspecified atom stereocenters. The molecule has 7 nitrogen and oxygen atoms in total. The fourth-order valence-corrected chi connectivity index (χ4v) is 2.73. The molecule has 27 heavy (non-hydrogen) atoms. The van der Waals surface area contributed by atoms with Crippen molar-refractivity contribution in [3.05, 3.63) is 60.6 Å². The van der Waals surface area contributed by atoms with E-state index in [-0.39, 0.29) is 5.91 Å². The van der Waals surface area contributed by atoms with E-state index in [0.717, 1.165) is 0 Å². The van der Waals surface area contributed by atoms with Crippen molar-refractivity contribution < 1.29 is 18.4 Å². The van der Waals surface area contributed by atoms with Gasteiger partial charge in [0, 0.05) is 19.2 Å². The van der Waals surface area contributed by atoms with Gasteiger partial charge in [-0.25, -0.2) is 9.97 Å². The largest absolute Gasteiger partial charge is 0.463 e. The number of amides is 1. The van der Waals surface area contributed by atoms with Crippen molar-refractivity contribution in [3.8, 4) is 22.9 Å². The van der Waals surface area contributed by atoms with E-state index in [1.807, 2.05) is 12.1 Å². The Balaban J connectivity index is 1.78. The zero-order chi connectivity index (χ0) is 18.6. The lowest BCUT2D eigenvalue weighted by molar-refractivity contribution is 0.0937. The molecule has 0 radical (unpaired) electrons. The molecule has 0 fully saturated rings. The van der Waals surface area contributed by atoms with Crippen LogP contribution in [0.15, 0.2) is 63.8 Å². The molecule has 3 aromatic heterocycles. The fraction of sp³-hybridized carbons (Fsp3) is 0.150.